The first-order valence-corrected chi connectivity index (χ1v) is 15.1. The second-order valence-corrected chi connectivity index (χ2v) is 13.5. The summed E-state index contributed by atoms with van der Waals surface area (Å²) in [7, 11) is -3.19. The highest BCUT2D eigenvalue weighted by atomic mass is 32.2. The van der Waals surface area contributed by atoms with E-state index in [-0.39, 0.29) is 23.0 Å². The maximum absolute atomic E-state index is 13.9. The van der Waals surface area contributed by atoms with Crippen LogP contribution in [0, 0.1) is 6.92 Å². The fourth-order valence-electron chi connectivity index (χ4n) is 5.24. The molecule has 0 spiro atoms. The number of pyridine rings is 1. The van der Waals surface area contributed by atoms with Crippen molar-refractivity contribution in [3.05, 3.63) is 74.5 Å². The van der Waals surface area contributed by atoms with E-state index in [0.29, 0.717) is 39.2 Å². The lowest BCUT2D eigenvalue weighted by Crippen LogP contribution is -2.39. The van der Waals surface area contributed by atoms with E-state index in [0.717, 1.165) is 35.9 Å². The van der Waals surface area contributed by atoms with Gasteiger partial charge in [-0.05, 0) is 55.5 Å². The lowest BCUT2D eigenvalue weighted by Gasteiger charge is -2.31. The van der Waals surface area contributed by atoms with Gasteiger partial charge < -0.3 is 4.90 Å². The highest BCUT2D eigenvalue weighted by Crippen LogP contribution is 2.39. The summed E-state index contributed by atoms with van der Waals surface area (Å²) in [6.07, 6.45) is 5.53. The summed E-state index contributed by atoms with van der Waals surface area (Å²) in [5.41, 5.74) is 3.64. The van der Waals surface area contributed by atoms with Crippen LogP contribution in [0.15, 0.2) is 52.3 Å². The minimum absolute atomic E-state index is 0.0432. The number of aromatic nitrogens is 2. The number of thioether (sulfide) groups is 1. The molecule has 5 heterocycles. The number of rotatable bonds is 3. The molecule has 2 fully saturated rings. The van der Waals surface area contributed by atoms with E-state index < -0.39 is 15.9 Å². The smallest absolute Gasteiger partial charge is 0.267 e. The van der Waals surface area contributed by atoms with Crippen LogP contribution in [0.4, 0.5) is 11.5 Å². The number of carbonyl (C=O) groups is 1. The van der Waals surface area contributed by atoms with Crippen molar-refractivity contribution < 1.29 is 13.2 Å². The number of nitrogens with zero attached hydrogens (tertiary/aromatic N) is 4. The number of sulfone groups is 1. The van der Waals surface area contributed by atoms with E-state index >= 15 is 0 Å². The number of carbonyl (C=O) groups excluding carboxylic acids is 1. The van der Waals surface area contributed by atoms with Crippen molar-refractivity contribution in [2.45, 2.75) is 32.2 Å². The first kappa shape index (κ1) is 24.3. The van der Waals surface area contributed by atoms with Crippen molar-refractivity contribution in [2.24, 2.45) is 0 Å². The number of thiocarbonyl (C=S) groups is 1. The summed E-state index contributed by atoms with van der Waals surface area (Å²) < 4.78 is 25.9. The summed E-state index contributed by atoms with van der Waals surface area (Å²) in [6, 6.07) is 11.3. The van der Waals surface area contributed by atoms with Gasteiger partial charge in [0, 0.05) is 18.4 Å². The maximum Gasteiger partial charge on any atom is 0.267 e. The number of fused-ring (bicyclic) bond motifs is 2. The molecule has 8 nitrogen and oxygen atoms in total. The number of para-hydroxylation sites is 1. The molecule has 1 unspecified atom stereocenters. The second kappa shape index (κ2) is 9.07. The number of amides is 1. The summed E-state index contributed by atoms with van der Waals surface area (Å²) in [4.78, 5) is 36.0. The molecule has 11 heteroatoms. The van der Waals surface area contributed by atoms with E-state index in [9.17, 15) is 18.0 Å². The Labute approximate surface area is 223 Å². The Balaban J connectivity index is 1.50. The molecular weight excluding hydrogens is 529 g/mol. The summed E-state index contributed by atoms with van der Waals surface area (Å²) >= 11 is 6.58. The highest BCUT2D eigenvalue weighted by molar-refractivity contribution is 8.26. The third-order valence-corrected chi connectivity index (χ3v) is 10.1. The molecule has 3 aromatic rings. The van der Waals surface area contributed by atoms with Crippen molar-refractivity contribution in [3.8, 4) is 0 Å². The van der Waals surface area contributed by atoms with Crippen LogP contribution >= 0.6 is 24.0 Å². The number of aryl methyl sites for hydroxylation is 2. The number of benzene rings is 1. The highest BCUT2D eigenvalue weighted by Gasteiger charge is 2.42. The average molecular weight is 553 g/mol. The second-order valence-electron chi connectivity index (χ2n) is 9.58. The zero-order valence-corrected chi connectivity index (χ0v) is 22.5. The first-order valence-electron chi connectivity index (χ1n) is 12.1. The summed E-state index contributed by atoms with van der Waals surface area (Å²) in [5, 5.41) is 0. The monoisotopic (exact) mass is 552 g/mol. The van der Waals surface area contributed by atoms with Gasteiger partial charge >= 0.3 is 0 Å². The molecule has 0 bridgehead atoms. The van der Waals surface area contributed by atoms with Crippen molar-refractivity contribution in [1.29, 1.82) is 0 Å². The lowest BCUT2D eigenvalue weighted by molar-refractivity contribution is -0.123. The maximum atomic E-state index is 13.9. The fraction of sp³-hybridized carbons (Fsp3) is 0.308. The molecular formula is C26H24N4O4S3. The normalized spacial score (nSPS) is 22.3. The van der Waals surface area contributed by atoms with E-state index in [1.54, 1.807) is 12.3 Å². The Morgan fingerprint density at radius 1 is 1.16 bits per heavy atom. The number of hydrogen-bond acceptors (Lipinski definition) is 8. The molecule has 3 aliphatic rings. The van der Waals surface area contributed by atoms with Crippen LogP contribution in [0.3, 0.4) is 0 Å². The Kier molecular flexibility index (Phi) is 5.96. The van der Waals surface area contributed by atoms with Gasteiger partial charge in [-0.15, -0.1) is 0 Å². The fourth-order valence-corrected chi connectivity index (χ4v) is 8.32. The van der Waals surface area contributed by atoms with Crippen molar-refractivity contribution in [2.75, 3.05) is 23.0 Å². The minimum atomic E-state index is -3.19. The molecule has 2 aromatic heterocycles. The van der Waals surface area contributed by atoms with Gasteiger partial charge in [0.1, 0.15) is 15.8 Å². The van der Waals surface area contributed by atoms with Gasteiger partial charge in [0.25, 0.3) is 11.5 Å². The molecule has 1 atom stereocenters. The van der Waals surface area contributed by atoms with Gasteiger partial charge in [-0.2, -0.15) is 0 Å². The molecule has 0 saturated carbocycles. The third-order valence-electron chi connectivity index (χ3n) is 7.02. The standard InChI is InChI=1S/C26H24N4O4S3/c1-16-8-9-22-27-23(28-11-4-6-17-5-2-3-7-20(17)28)19(24(31)29(22)14-16)13-21-25(32)30(26(35)36-21)18-10-12-37(33,34)15-18/h2-3,5,7-9,13-14,18H,4,6,10-12,15H2,1H3. The van der Waals surface area contributed by atoms with Gasteiger partial charge in [-0.25, -0.2) is 13.4 Å². The van der Waals surface area contributed by atoms with Crippen molar-refractivity contribution in [1.82, 2.24) is 14.3 Å². The van der Waals surface area contributed by atoms with Crippen LogP contribution in [0.1, 0.15) is 29.5 Å². The van der Waals surface area contributed by atoms with Crippen LogP contribution in [0.25, 0.3) is 11.7 Å². The van der Waals surface area contributed by atoms with Gasteiger partial charge in [-0.1, -0.05) is 48.2 Å². The SMILES string of the molecule is Cc1ccc2nc(N3CCCc4ccccc43)c(C=C3SC(=S)N(C4CCS(=O)(=O)C4)C3=O)c(=O)n2c1. The van der Waals surface area contributed by atoms with Crippen LogP contribution in [0.2, 0.25) is 0 Å². The van der Waals surface area contributed by atoms with Crippen molar-refractivity contribution >= 4 is 67.3 Å². The molecule has 0 aliphatic carbocycles. The van der Waals surface area contributed by atoms with Gasteiger partial charge in [0.15, 0.2) is 9.84 Å². The lowest BCUT2D eigenvalue weighted by atomic mass is 10.0. The van der Waals surface area contributed by atoms with Crippen LogP contribution in [0.5, 0.6) is 0 Å². The minimum Gasteiger partial charge on any atom is -0.325 e. The van der Waals surface area contributed by atoms with Crippen LogP contribution in [-0.2, 0) is 21.1 Å². The molecule has 2 saturated heterocycles. The zero-order chi connectivity index (χ0) is 25.9. The molecule has 3 aliphatic heterocycles. The average Bonchev–Trinajstić information content (AvgIpc) is 3.37. The summed E-state index contributed by atoms with van der Waals surface area (Å²) in [5.74, 6) is 0.0781. The first-order chi connectivity index (χ1) is 17.7. The van der Waals surface area contributed by atoms with Crippen LogP contribution < -0.4 is 10.5 Å². The predicted molar refractivity (Wildman–Crippen MR) is 150 cm³/mol. The quantitative estimate of drug-likeness (QED) is 0.360. The Morgan fingerprint density at radius 3 is 2.76 bits per heavy atom. The van der Waals surface area contributed by atoms with Crippen molar-refractivity contribution in [3.63, 3.8) is 0 Å². The zero-order valence-electron chi connectivity index (χ0n) is 20.1. The van der Waals surface area contributed by atoms with E-state index in [1.165, 1.54) is 14.9 Å². The Bertz CT molecular complexity index is 1680. The third kappa shape index (κ3) is 4.28. The van der Waals surface area contributed by atoms with E-state index in [4.69, 9.17) is 17.2 Å². The molecule has 6 rings (SSSR count). The molecule has 1 aromatic carbocycles. The predicted octanol–water partition coefficient (Wildman–Crippen LogP) is 3.48. The number of hydrogen-bond donors (Lipinski definition) is 0. The Hall–Kier alpha value is -3.02. The molecule has 1 amide bonds. The topological polar surface area (TPSA) is 92.1 Å². The molecule has 190 valence electrons. The van der Waals surface area contributed by atoms with Gasteiger partial charge in [0.05, 0.1) is 28.0 Å². The molecule has 0 radical (unpaired) electrons. The van der Waals surface area contributed by atoms with Gasteiger partial charge in [0.2, 0.25) is 0 Å². The van der Waals surface area contributed by atoms with Crippen LogP contribution in [-0.4, -0.2) is 57.0 Å². The summed E-state index contributed by atoms with van der Waals surface area (Å²) in [6.45, 7) is 2.59. The molecule has 0 N–H and O–H groups in total. The largest absolute Gasteiger partial charge is 0.325 e. The van der Waals surface area contributed by atoms with E-state index in [1.807, 2.05) is 37.3 Å². The van der Waals surface area contributed by atoms with E-state index in [2.05, 4.69) is 11.0 Å². The Morgan fingerprint density at radius 2 is 1.97 bits per heavy atom. The molecule has 37 heavy (non-hydrogen) atoms. The number of anilines is 2. The van der Waals surface area contributed by atoms with Gasteiger partial charge in [-0.3, -0.25) is 18.9 Å².